The summed E-state index contributed by atoms with van der Waals surface area (Å²) in [5.41, 5.74) is 11.1. The molecule has 2 aromatic carbocycles. The fourth-order valence-electron chi connectivity index (χ4n) is 14.4. The van der Waals surface area contributed by atoms with Gasteiger partial charge in [0.2, 0.25) is 0 Å². The molecule has 10 aliphatic rings. The molecule has 12 rings (SSSR count). The van der Waals surface area contributed by atoms with Crippen molar-refractivity contribution in [2.45, 2.75) is 73.9 Å². The van der Waals surface area contributed by atoms with Gasteiger partial charge in [-0.25, -0.2) is 0 Å². The maximum Gasteiger partial charge on any atom is 0.188 e. The number of benzene rings is 2. The smallest absolute Gasteiger partial charge is 0.188 e. The van der Waals surface area contributed by atoms with E-state index in [2.05, 4.69) is 111 Å². The second-order valence-corrected chi connectivity index (χ2v) is 16.8. The molecule has 228 valence electrons. The summed E-state index contributed by atoms with van der Waals surface area (Å²) >= 11 is 0. The standard InChI is InChI=1S/C40H44N4O/c1-5-25-23-43(3)17-15-37-29-11-7-10-14-34(29)42-22-32-28-20-36-38(16-18-44(36,4)24-26(28)6-2)30-12-8-9-13-33(30)41-21-31(27(25)19-35(37)43)39(37,42)45-40(32,38)41/h5-14,21-22,27-28,35-36H,15-20,23-24H2,1-4H3/q+2/b25-5-,26-6+. The normalized spacial score (nSPS) is 51.1. The Morgan fingerprint density at radius 2 is 1.13 bits per heavy atom. The highest BCUT2D eigenvalue weighted by Crippen LogP contribution is 2.79. The molecule has 8 heterocycles. The van der Waals surface area contributed by atoms with Crippen molar-refractivity contribution in [2.24, 2.45) is 11.8 Å². The van der Waals surface area contributed by atoms with Crippen molar-refractivity contribution in [1.29, 1.82) is 0 Å². The van der Waals surface area contributed by atoms with Gasteiger partial charge in [0.1, 0.15) is 36.0 Å². The number of piperidine rings is 2. The molecule has 0 aromatic heterocycles. The van der Waals surface area contributed by atoms with E-state index in [0.29, 0.717) is 23.9 Å². The lowest BCUT2D eigenvalue weighted by molar-refractivity contribution is -0.925. The number of hydrogen-bond acceptors (Lipinski definition) is 3. The Morgan fingerprint density at radius 3 is 1.58 bits per heavy atom. The first kappa shape index (κ1) is 25.0. The Morgan fingerprint density at radius 1 is 0.689 bits per heavy atom. The van der Waals surface area contributed by atoms with E-state index in [4.69, 9.17) is 4.74 Å². The molecule has 6 fully saturated rings. The number of allylic oxidation sites excluding steroid dienone is 2. The van der Waals surface area contributed by atoms with Gasteiger partial charge in [0, 0.05) is 72.4 Å². The SMILES string of the molecule is C/C=C1\C[N+]2(C)CCC34c5ccccc5N5C=C6C7CC8C9(CC[N+]8(C)C/C7=C/C)c7ccccc7N7C=C(C1CC32)C54OC679. The fourth-order valence-corrected chi connectivity index (χ4v) is 14.4. The summed E-state index contributed by atoms with van der Waals surface area (Å²) in [5, 5.41) is 0. The van der Waals surface area contributed by atoms with Crippen molar-refractivity contribution in [3.8, 4) is 0 Å². The van der Waals surface area contributed by atoms with E-state index in [0.717, 1.165) is 8.97 Å². The molecule has 10 unspecified atom stereocenters. The number of rotatable bonds is 0. The fraction of sp³-hybridized carbons (Fsp3) is 0.500. The van der Waals surface area contributed by atoms with Crippen molar-refractivity contribution in [3.05, 3.63) is 107 Å². The molecule has 8 aliphatic heterocycles. The third kappa shape index (κ3) is 2.12. The molecule has 5 nitrogen and oxygen atoms in total. The van der Waals surface area contributed by atoms with Crippen LogP contribution in [0.3, 0.4) is 0 Å². The molecule has 2 saturated carbocycles. The largest absolute Gasteiger partial charge is 0.319 e. The van der Waals surface area contributed by atoms with Crippen LogP contribution in [0.4, 0.5) is 11.4 Å². The second-order valence-electron chi connectivity index (χ2n) is 16.8. The van der Waals surface area contributed by atoms with Crippen LogP contribution in [0.25, 0.3) is 0 Å². The Kier molecular flexibility index (Phi) is 3.93. The number of nitrogens with zero attached hydrogens (tertiary/aromatic N) is 4. The lowest BCUT2D eigenvalue weighted by Gasteiger charge is -2.70. The van der Waals surface area contributed by atoms with E-state index in [-0.39, 0.29) is 10.8 Å². The molecule has 4 saturated heterocycles. The predicted molar refractivity (Wildman–Crippen MR) is 176 cm³/mol. The van der Waals surface area contributed by atoms with E-state index in [1.165, 1.54) is 74.4 Å². The lowest BCUT2D eigenvalue weighted by atomic mass is 9.51. The maximum atomic E-state index is 8.68. The highest BCUT2D eigenvalue weighted by atomic mass is 16.6. The molecule has 4 spiro atoms. The number of ether oxygens (including phenoxy) is 1. The molecule has 5 heteroatoms. The predicted octanol–water partition coefficient (Wildman–Crippen LogP) is 6.10. The van der Waals surface area contributed by atoms with Crippen molar-refractivity contribution in [2.75, 3.05) is 50.1 Å². The molecule has 0 radical (unpaired) electrons. The van der Waals surface area contributed by atoms with Gasteiger partial charge in [-0.15, -0.1) is 0 Å². The minimum absolute atomic E-state index is 0.0640. The molecule has 0 amide bonds. The molecule has 2 aliphatic carbocycles. The van der Waals surface area contributed by atoms with E-state index in [9.17, 15) is 0 Å². The van der Waals surface area contributed by atoms with E-state index < -0.39 is 11.4 Å². The average Bonchev–Trinajstić information content (AvgIpc) is 3.72. The molecule has 10 atom stereocenters. The number of fused-ring (bicyclic) bond motifs is 8. The zero-order valence-corrected chi connectivity index (χ0v) is 27.1. The van der Waals surface area contributed by atoms with Gasteiger partial charge in [0.15, 0.2) is 11.4 Å². The van der Waals surface area contributed by atoms with Crippen LogP contribution in [0.2, 0.25) is 0 Å². The van der Waals surface area contributed by atoms with Crippen LogP contribution < -0.4 is 9.80 Å². The van der Waals surface area contributed by atoms with Crippen molar-refractivity contribution < 1.29 is 13.7 Å². The zero-order valence-electron chi connectivity index (χ0n) is 27.1. The van der Waals surface area contributed by atoms with Gasteiger partial charge in [-0.1, -0.05) is 48.6 Å². The Hall–Kier alpha value is -3.12. The first-order valence-electron chi connectivity index (χ1n) is 17.7. The van der Waals surface area contributed by atoms with Crippen LogP contribution in [-0.4, -0.2) is 72.8 Å². The third-order valence-corrected chi connectivity index (χ3v) is 15.9. The number of likely N-dealkylation sites (N-methyl/N-ethyl adjacent to an activating group) is 2. The molecule has 45 heavy (non-hydrogen) atoms. The molecule has 6 bridgehead atoms. The van der Waals surface area contributed by atoms with Gasteiger partial charge < -0.3 is 23.5 Å². The quantitative estimate of drug-likeness (QED) is 0.270. The summed E-state index contributed by atoms with van der Waals surface area (Å²) in [6.45, 7) is 9.36. The van der Waals surface area contributed by atoms with Crippen molar-refractivity contribution in [3.63, 3.8) is 0 Å². The number of hydrogen-bond donors (Lipinski definition) is 0. The minimum atomic E-state index is -0.502. The highest BCUT2D eigenvalue weighted by molar-refractivity contribution is 5.82. The van der Waals surface area contributed by atoms with Crippen LogP contribution in [0.5, 0.6) is 0 Å². The van der Waals surface area contributed by atoms with Gasteiger partial charge in [-0.05, 0) is 48.3 Å². The van der Waals surface area contributed by atoms with Crippen LogP contribution in [0, 0.1) is 11.8 Å². The first-order valence-corrected chi connectivity index (χ1v) is 17.7. The second kappa shape index (κ2) is 7.07. The number of para-hydroxylation sites is 2. The Balaban J connectivity index is 1.26. The summed E-state index contributed by atoms with van der Waals surface area (Å²) in [6.07, 6.45) is 15.2. The third-order valence-electron chi connectivity index (χ3n) is 15.9. The van der Waals surface area contributed by atoms with Crippen LogP contribution >= 0.6 is 0 Å². The molecule has 2 aromatic rings. The van der Waals surface area contributed by atoms with Crippen LogP contribution in [0.1, 0.15) is 50.7 Å². The topological polar surface area (TPSA) is 15.7 Å². The van der Waals surface area contributed by atoms with Gasteiger partial charge in [0.05, 0.1) is 27.2 Å². The van der Waals surface area contributed by atoms with E-state index >= 15 is 0 Å². The summed E-state index contributed by atoms with van der Waals surface area (Å²) in [6, 6.07) is 20.1. The monoisotopic (exact) mass is 596 g/mol. The van der Waals surface area contributed by atoms with Gasteiger partial charge in [-0.3, -0.25) is 0 Å². The molecular formula is C40H44N4O+2. The van der Waals surface area contributed by atoms with Crippen molar-refractivity contribution >= 4 is 11.4 Å². The minimum Gasteiger partial charge on any atom is -0.319 e. The number of quaternary nitrogens is 2. The highest BCUT2D eigenvalue weighted by Gasteiger charge is 2.88. The average molecular weight is 597 g/mol. The summed E-state index contributed by atoms with van der Waals surface area (Å²) in [4.78, 5) is 5.48. The van der Waals surface area contributed by atoms with E-state index in [1.54, 1.807) is 22.3 Å². The zero-order chi connectivity index (χ0) is 29.9. The maximum absolute atomic E-state index is 8.68. The van der Waals surface area contributed by atoms with Gasteiger partial charge >= 0.3 is 0 Å². The summed E-state index contributed by atoms with van der Waals surface area (Å²) in [7, 11) is 5.15. The Bertz CT molecular complexity index is 1800. The first-order chi connectivity index (χ1) is 21.8. The number of anilines is 2. The summed E-state index contributed by atoms with van der Waals surface area (Å²) < 4.78 is 11.0. The molecule has 0 N–H and O–H groups in total. The Labute approximate surface area is 266 Å². The van der Waals surface area contributed by atoms with E-state index in [1.807, 2.05) is 0 Å². The van der Waals surface area contributed by atoms with Gasteiger partial charge in [0.25, 0.3) is 0 Å². The van der Waals surface area contributed by atoms with Gasteiger partial charge in [-0.2, -0.15) is 0 Å². The lowest BCUT2D eigenvalue weighted by Crippen LogP contribution is -2.83. The van der Waals surface area contributed by atoms with Crippen LogP contribution in [0.15, 0.2) is 95.4 Å². The van der Waals surface area contributed by atoms with Crippen molar-refractivity contribution in [1.82, 2.24) is 0 Å². The summed E-state index contributed by atoms with van der Waals surface area (Å²) in [5.74, 6) is 0.841. The van der Waals surface area contributed by atoms with Crippen LogP contribution in [-0.2, 0) is 15.6 Å². The molecular weight excluding hydrogens is 552 g/mol.